The fraction of sp³-hybridized carbons (Fsp3) is 0.529. The molecule has 0 bridgehead atoms. The minimum absolute atomic E-state index is 0.296. The van der Waals surface area contributed by atoms with Crippen LogP contribution in [-0.2, 0) is 4.79 Å². The predicted octanol–water partition coefficient (Wildman–Crippen LogP) is 2.45. The van der Waals surface area contributed by atoms with E-state index in [0.717, 1.165) is 61.3 Å². The number of aromatic nitrogens is 3. The molecule has 0 spiro atoms. The van der Waals surface area contributed by atoms with Crippen molar-refractivity contribution in [1.29, 1.82) is 0 Å². The number of fused-ring (bicyclic) bond motifs is 1. The third-order valence-electron chi connectivity index (χ3n) is 4.66. The van der Waals surface area contributed by atoms with Crippen LogP contribution in [-0.4, -0.2) is 38.8 Å². The maximum absolute atomic E-state index is 12.3. The van der Waals surface area contributed by atoms with E-state index in [9.17, 15) is 4.79 Å². The average molecular weight is 296 g/mol. The molecule has 22 heavy (non-hydrogen) atoms. The summed E-state index contributed by atoms with van der Waals surface area (Å²) in [7, 11) is 0. The van der Waals surface area contributed by atoms with Crippen LogP contribution in [0.4, 0.5) is 0 Å². The first-order valence-electron chi connectivity index (χ1n) is 8.10. The maximum Gasteiger partial charge on any atom is 0.225 e. The number of piperidine rings is 1. The summed E-state index contributed by atoms with van der Waals surface area (Å²) in [4.78, 5) is 27.9. The fourth-order valence-electron chi connectivity index (χ4n) is 3.40. The third kappa shape index (κ3) is 2.45. The SMILES string of the molecule is Cc1nc(C2CCCN(C(=O)C3CC3)C2)c2cccnc2n1. The molecule has 5 heteroatoms. The number of likely N-dealkylation sites (tertiary alicyclic amines) is 1. The number of pyridine rings is 1. The van der Waals surface area contributed by atoms with Gasteiger partial charge in [-0.15, -0.1) is 0 Å². The molecule has 2 aromatic rings. The molecule has 1 aliphatic carbocycles. The van der Waals surface area contributed by atoms with Gasteiger partial charge in [-0.1, -0.05) is 0 Å². The standard InChI is InChI=1S/C17H20N4O/c1-11-19-15(14-5-2-8-18-16(14)20-11)13-4-3-9-21(10-13)17(22)12-6-7-12/h2,5,8,12-13H,3-4,6-7,9-10H2,1H3. The molecule has 1 atom stereocenters. The highest BCUT2D eigenvalue weighted by molar-refractivity contribution is 5.81. The van der Waals surface area contributed by atoms with Crippen molar-refractivity contribution in [1.82, 2.24) is 19.9 Å². The van der Waals surface area contributed by atoms with Crippen molar-refractivity contribution in [2.45, 2.75) is 38.5 Å². The van der Waals surface area contributed by atoms with Crippen LogP contribution in [0.15, 0.2) is 18.3 Å². The Kier molecular flexibility index (Phi) is 3.28. The van der Waals surface area contributed by atoms with E-state index >= 15 is 0 Å². The molecule has 5 nitrogen and oxygen atoms in total. The van der Waals surface area contributed by atoms with Gasteiger partial charge in [0, 0.05) is 36.5 Å². The van der Waals surface area contributed by atoms with Crippen molar-refractivity contribution < 1.29 is 4.79 Å². The zero-order valence-corrected chi connectivity index (χ0v) is 12.8. The van der Waals surface area contributed by atoms with Gasteiger partial charge in [0.1, 0.15) is 5.82 Å². The van der Waals surface area contributed by atoms with Crippen LogP contribution in [0.5, 0.6) is 0 Å². The first-order valence-corrected chi connectivity index (χ1v) is 8.10. The summed E-state index contributed by atoms with van der Waals surface area (Å²) in [6.07, 6.45) is 6.03. The Morgan fingerprint density at radius 2 is 2.14 bits per heavy atom. The highest BCUT2D eigenvalue weighted by Gasteiger charge is 2.36. The van der Waals surface area contributed by atoms with E-state index in [-0.39, 0.29) is 0 Å². The average Bonchev–Trinajstić information content (AvgIpc) is 3.38. The Balaban J connectivity index is 1.67. The molecular weight excluding hydrogens is 276 g/mol. The van der Waals surface area contributed by atoms with E-state index in [2.05, 4.69) is 9.97 Å². The van der Waals surface area contributed by atoms with E-state index < -0.39 is 0 Å². The highest BCUT2D eigenvalue weighted by atomic mass is 16.2. The van der Waals surface area contributed by atoms with Gasteiger partial charge in [-0.05, 0) is 44.7 Å². The molecule has 1 aliphatic heterocycles. The fourth-order valence-corrected chi connectivity index (χ4v) is 3.40. The van der Waals surface area contributed by atoms with Crippen LogP contribution < -0.4 is 0 Å². The van der Waals surface area contributed by atoms with Crippen molar-refractivity contribution in [3.8, 4) is 0 Å². The van der Waals surface area contributed by atoms with Crippen molar-refractivity contribution in [3.05, 3.63) is 29.8 Å². The largest absolute Gasteiger partial charge is 0.342 e. The molecule has 2 aliphatic rings. The summed E-state index contributed by atoms with van der Waals surface area (Å²) in [5.74, 6) is 1.69. The summed E-state index contributed by atoms with van der Waals surface area (Å²) in [6, 6.07) is 3.97. The summed E-state index contributed by atoms with van der Waals surface area (Å²) < 4.78 is 0. The number of carbonyl (C=O) groups is 1. The van der Waals surface area contributed by atoms with E-state index in [1.54, 1.807) is 6.20 Å². The van der Waals surface area contributed by atoms with E-state index in [4.69, 9.17) is 4.98 Å². The van der Waals surface area contributed by atoms with Crippen molar-refractivity contribution in [2.75, 3.05) is 13.1 Å². The molecular formula is C17H20N4O. The molecule has 0 N–H and O–H groups in total. The lowest BCUT2D eigenvalue weighted by Gasteiger charge is -2.33. The van der Waals surface area contributed by atoms with Gasteiger partial charge in [0.05, 0.1) is 5.69 Å². The molecule has 0 aromatic carbocycles. The van der Waals surface area contributed by atoms with Crippen molar-refractivity contribution >= 4 is 16.9 Å². The zero-order chi connectivity index (χ0) is 15.1. The molecule has 114 valence electrons. The van der Waals surface area contributed by atoms with E-state index in [0.29, 0.717) is 17.7 Å². The predicted molar refractivity (Wildman–Crippen MR) is 83.3 cm³/mol. The molecule has 1 amide bonds. The molecule has 3 heterocycles. The van der Waals surface area contributed by atoms with Gasteiger partial charge in [-0.2, -0.15) is 0 Å². The van der Waals surface area contributed by atoms with Crippen LogP contribution in [0, 0.1) is 12.8 Å². The van der Waals surface area contributed by atoms with Crippen LogP contribution in [0.25, 0.3) is 11.0 Å². The van der Waals surface area contributed by atoms with Gasteiger partial charge in [0.15, 0.2) is 5.65 Å². The number of nitrogens with zero attached hydrogens (tertiary/aromatic N) is 4. The number of amides is 1. The Hall–Kier alpha value is -2.04. The third-order valence-corrected chi connectivity index (χ3v) is 4.66. The number of aryl methyl sites for hydroxylation is 1. The first kappa shape index (κ1) is 13.6. The number of rotatable bonds is 2. The Bertz CT molecular complexity index is 726. The maximum atomic E-state index is 12.3. The summed E-state index contributed by atoms with van der Waals surface area (Å²) in [5.41, 5.74) is 1.82. The van der Waals surface area contributed by atoms with Gasteiger partial charge in [0.2, 0.25) is 5.91 Å². The van der Waals surface area contributed by atoms with Crippen LogP contribution in [0.3, 0.4) is 0 Å². The second-order valence-electron chi connectivity index (χ2n) is 6.43. The second-order valence-corrected chi connectivity index (χ2v) is 6.43. The van der Waals surface area contributed by atoms with Gasteiger partial charge < -0.3 is 4.90 Å². The van der Waals surface area contributed by atoms with Crippen LogP contribution >= 0.6 is 0 Å². The van der Waals surface area contributed by atoms with Gasteiger partial charge >= 0.3 is 0 Å². The topological polar surface area (TPSA) is 59.0 Å². The molecule has 1 saturated heterocycles. The first-order chi connectivity index (χ1) is 10.7. The Labute approximate surface area is 129 Å². The Morgan fingerprint density at radius 3 is 2.95 bits per heavy atom. The Morgan fingerprint density at radius 1 is 1.27 bits per heavy atom. The molecule has 1 unspecified atom stereocenters. The normalized spacial score (nSPS) is 22.0. The van der Waals surface area contributed by atoms with Gasteiger partial charge in [0.25, 0.3) is 0 Å². The van der Waals surface area contributed by atoms with Crippen LogP contribution in [0.1, 0.15) is 43.1 Å². The molecule has 2 aromatic heterocycles. The number of hydrogen-bond donors (Lipinski definition) is 0. The second kappa shape index (κ2) is 5.30. The van der Waals surface area contributed by atoms with Gasteiger partial charge in [-0.3, -0.25) is 4.79 Å². The van der Waals surface area contributed by atoms with Crippen molar-refractivity contribution in [3.63, 3.8) is 0 Å². The monoisotopic (exact) mass is 296 g/mol. The van der Waals surface area contributed by atoms with Gasteiger partial charge in [-0.25, -0.2) is 15.0 Å². The highest BCUT2D eigenvalue weighted by Crippen LogP contribution is 2.35. The van der Waals surface area contributed by atoms with E-state index in [1.807, 2.05) is 24.0 Å². The minimum Gasteiger partial charge on any atom is -0.342 e. The molecule has 2 fully saturated rings. The quantitative estimate of drug-likeness (QED) is 0.854. The summed E-state index contributed by atoms with van der Waals surface area (Å²) in [5, 5.41) is 1.03. The molecule has 1 saturated carbocycles. The van der Waals surface area contributed by atoms with Crippen molar-refractivity contribution in [2.24, 2.45) is 5.92 Å². The summed E-state index contributed by atoms with van der Waals surface area (Å²) in [6.45, 7) is 3.59. The number of carbonyl (C=O) groups excluding carboxylic acids is 1. The van der Waals surface area contributed by atoms with E-state index in [1.165, 1.54) is 0 Å². The lowest BCUT2D eigenvalue weighted by Crippen LogP contribution is -2.40. The molecule has 0 radical (unpaired) electrons. The smallest absolute Gasteiger partial charge is 0.225 e. The number of hydrogen-bond acceptors (Lipinski definition) is 4. The lowest BCUT2D eigenvalue weighted by atomic mass is 9.92. The van der Waals surface area contributed by atoms with Crippen LogP contribution in [0.2, 0.25) is 0 Å². The lowest BCUT2D eigenvalue weighted by molar-refractivity contribution is -0.133. The molecule has 4 rings (SSSR count). The zero-order valence-electron chi connectivity index (χ0n) is 12.8. The minimum atomic E-state index is 0.296. The summed E-state index contributed by atoms with van der Waals surface area (Å²) >= 11 is 0.